The monoisotopic (exact) mass is 292 g/mol. The normalized spacial score (nSPS) is 11.4. The molecule has 0 unspecified atom stereocenters. The summed E-state index contributed by atoms with van der Waals surface area (Å²) in [6, 6.07) is 7.71. The van der Waals surface area contributed by atoms with Gasteiger partial charge in [-0.3, -0.25) is 4.99 Å². The van der Waals surface area contributed by atoms with E-state index in [1.54, 1.807) is 13.4 Å². The molecule has 0 saturated carbocycles. The second-order valence-corrected chi connectivity index (χ2v) is 4.64. The van der Waals surface area contributed by atoms with Crippen molar-refractivity contribution in [2.24, 2.45) is 12.0 Å². The lowest BCUT2D eigenvalue weighted by atomic mass is 10.2. The number of nitrogens with zero attached hydrogens (tertiary/aromatic N) is 4. The first-order valence-electron chi connectivity index (χ1n) is 6.21. The Morgan fingerprint density at radius 1 is 1.30 bits per heavy atom. The summed E-state index contributed by atoms with van der Waals surface area (Å²) in [6.45, 7) is 1.16. The van der Waals surface area contributed by atoms with Crippen LogP contribution in [0.1, 0.15) is 11.4 Å². The topological polar surface area (TPSA) is 67.1 Å². The van der Waals surface area contributed by atoms with Crippen LogP contribution in [0.25, 0.3) is 0 Å². The van der Waals surface area contributed by atoms with Crippen molar-refractivity contribution < 1.29 is 0 Å². The fourth-order valence-corrected chi connectivity index (χ4v) is 1.87. The van der Waals surface area contributed by atoms with Crippen molar-refractivity contribution in [1.29, 1.82) is 0 Å². The Labute approximate surface area is 122 Å². The van der Waals surface area contributed by atoms with Gasteiger partial charge in [-0.2, -0.15) is 0 Å². The second-order valence-electron chi connectivity index (χ2n) is 4.23. The summed E-state index contributed by atoms with van der Waals surface area (Å²) in [5.41, 5.74) is 1.02. The third kappa shape index (κ3) is 3.71. The summed E-state index contributed by atoms with van der Waals surface area (Å²) in [7, 11) is 3.62. The zero-order valence-corrected chi connectivity index (χ0v) is 12.2. The molecule has 20 heavy (non-hydrogen) atoms. The van der Waals surface area contributed by atoms with E-state index in [-0.39, 0.29) is 0 Å². The first-order valence-corrected chi connectivity index (χ1v) is 6.59. The molecular weight excluding hydrogens is 276 g/mol. The van der Waals surface area contributed by atoms with E-state index in [1.165, 1.54) is 0 Å². The average molecular weight is 293 g/mol. The fraction of sp³-hybridized carbons (Fsp3) is 0.308. The Kier molecular flexibility index (Phi) is 4.95. The quantitative estimate of drug-likeness (QED) is 0.659. The molecule has 0 aliphatic rings. The first-order chi connectivity index (χ1) is 9.70. The molecule has 7 heteroatoms. The van der Waals surface area contributed by atoms with E-state index in [2.05, 4.69) is 25.8 Å². The smallest absolute Gasteiger partial charge is 0.191 e. The molecule has 0 fully saturated rings. The van der Waals surface area contributed by atoms with Gasteiger partial charge in [-0.15, -0.1) is 10.2 Å². The average Bonchev–Trinajstić information content (AvgIpc) is 2.86. The van der Waals surface area contributed by atoms with Crippen LogP contribution in [0.15, 0.2) is 35.6 Å². The third-order valence-corrected chi connectivity index (χ3v) is 3.22. The SMILES string of the molecule is CN=C(NCc1ccccc1Cl)NCc1nncn1C. The van der Waals surface area contributed by atoms with Gasteiger partial charge in [-0.25, -0.2) is 0 Å². The minimum absolute atomic E-state index is 0.554. The van der Waals surface area contributed by atoms with Crippen LogP contribution in [0.4, 0.5) is 0 Å². The molecule has 0 saturated heterocycles. The number of guanidine groups is 1. The van der Waals surface area contributed by atoms with Crippen LogP contribution in [-0.4, -0.2) is 27.8 Å². The van der Waals surface area contributed by atoms with Gasteiger partial charge in [-0.1, -0.05) is 29.8 Å². The highest BCUT2D eigenvalue weighted by atomic mass is 35.5. The van der Waals surface area contributed by atoms with E-state index in [4.69, 9.17) is 11.6 Å². The van der Waals surface area contributed by atoms with Crippen LogP contribution in [0.5, 0.6) is 0 Å². The number of halogens is 1. The number of hydrogen-bond donors (Lipinski definition) is 2. The molecule has 1 heterocycles. The van der Waals surface area contributed by atoms with Crippen LogP contribution >= 0.6 is 11.6 Å². The van der Waals surface area contributed by atoms with Crippen LogP contribution in [0.3, 0.4) is 0 Å². The highest BCUT2D eigenvalue weighted by molar-refractivity contribution is 6.31. The minimum atomic E-state index is 0.554. The number of nitrogens with one attached hydrogen (secondary N) is 2. The lowest BCUT2D eigenvalue weighted by Gasteiger charge is -2.12. The Bertz CT molecular complexity index is 592. The molecule has 0 atom stereocenters. The Hall–Kier alpha value is -2.08. The molecule has 0 aliphatic carbocycles. The molecule has 0 radical (unpaired) electrons. The molecule has 106 valence electrons. The molecule has 2 rings (SSSR count). The molecule has 1 aromatic carbocycles. The van der Waals surface area contributed by atoms with Gasteiger partial charge < -0.3 is 15.2 Å². The van der Waals surface area contributed by atoms with Gasteiger partial charge in [0.25, 0.3) is 0 Å². The summed E-state index contributed by atoms with van der Waals surface area (Å²) in [5, 5.41) is 14.9. The second kappa shape index (κ2) is 6.91. The van der Waals surface area contributed by atoms with Crippen molar-refractivity contribution in [2.75, 3.05) is 7.05 Å². The highest BCUT2D eigenvalue weighted by Gasteiger charge is 2.04. The van der Waals surface area contributed by atoms with Gasteiger partial charge in [0.1, 0.15) is 6.33 Å². The molecule has 2 aromatic rings. The largest absolute Gasteiger partial charge is 0.352 e. The minimum Gasteiger partial charge on any atom is -0.352 e. The van der Waals surface area contributed by atoms with E-state index in [9.17, 15) is 0 Å². The van der Waals surface area contributed by atoms with Crippen LogP contribution < -0.4 is 10.6 Å². The van der Waals surface area contributed by atoms with E-state index < -0.39 is 0 Å². The van der Waals surface area contributed by atoms with Gasteiger partial charge in [0.15, 0.2) is 11.8 Å². The standard InChI is InChI=1S/C13H17ClN6/c1-15-13(17-8-12-19-18-9-20(12)2)16-7-10-5-3-4-6-11(10)14/h3-6,9H,7-8H2,1-2H3,(H2,15,16,17). The molecule has 1 aromatic heterocycles. The Balaban J connectivity index is 1.87. The van der Waals surface area contributed by atoms with E-state index >= 15 is 0 Å². The van der Waals surface area contributed by atoms with Crippen LogP contribution in [-0.2, 0) is 20.1 Å². The lowest BCUT2D eigenvalue weighted by Crippen LogP contribution is -2.36. The zero-order chi connectivity index (χ0) is 14.4. The molecule has 0 bridgehead atoms. The zero-order valence-electron chi connectivity index (χ0n) is 11.5. The van der Waals surface area contributed by atoms with E-state index in [0.29, 0.717) is 19.0 Å². The van der Waals surface area contributed by atoms with E-state index in [1.807, 2.05) is 35.9 Å². The molecule has 0 amide bonds. The molecule has 6 nitrogen and oxygen atoms in total. The van der Waals surface area contributed by atoms with Crippen LogP contribution in [0.2, 0.25) is 5.02 Å². The molecule has 0 aliphatic heterocycles. The summed E-state index contributed by atoms with van der Waals surface area (Å²) in [4.78, 5) is 4.16. The van der Waals surface area contributed by atoms with Crippen molar-refractivity contribution in [2.45, 2.75) is 13.1 Å². The number of aliphatic imine (C=N–C) groups is 1. The maximum absolute atomic E-state index is 6.11. The number of rotatable bonds is 4. The van der Waals surface area contributed by atoms with Crippen molar-refractivity contribution in [3.05, 3.63) is 47.0 Å². The Morgan fingerprint density at radius 3 is 2.70 bits per heavy atom. The van der Waals surface area contributed by atoms with Gasteiger partial charge in [0.2, 0.25) is 0 Å². The number of benzene rings is 1. The highest BCUT2D eigenvalue weighted by Crippen LogP contribution is 2.14. The van der Waals surface area contributed by atoms with E-state index in [0.717, 1.165) is 16.4 Å². The summed E-state index contributed by atoms with van der Waals surface area (Å²) >= 11 is 6.11. The predicted molar refractivity (Wildman–Crippen MR) is 79.5 cm³/mol. The predicted octanol–water partition coefficient (Wildman–Crippen LogP) is 1.33. The van der Waals surface area contributed by atoms with Crippen molar-refractivity contribution in [3.63, 3.8) is 0 Å². The van der Waals surface area contributed by atoms with Crippen molar-refractivity contribution in [1.82, 2.24) is 25.4 Å². The van der Waals surface area contributed by atoms with Gasteiger partial charge >= 0.3 is 0 Å². The summed E-state index contributed by atoms with van der Waals surface area (Å²) < 4.78 is 1.86. The number of aromatic nitrogens is 3. The van der Waals surface area contributed by atoms with Gasteiger partial charge in [0.05, 0.1) is 6.54 Å². The van der Waals surface area contributed by atoms with Crippen LogP contribution in [0, 0.1) is 0 Å². The molecule has 2 N–H and O–H groups in total. The number of aryl methyl sites for hydroxylation is 1. The summed E-state index contributed by atoms with van der Waals surface area (Å²) in [6.07, 6.45) is 1.66. The van der Waals surface area contributed by atoms with Gasteiger partial charge in [0, 0.05) is 25.7 Å². The Morgan fingerprint density at radius 2 is 2.05 bits per heavy atom. The number of hydrogen-bond acceptors (Lipinski definition) is 3. The molecule has 0 spiro atoms. The first kappa shape index (κ1) is 14.3. The maximum Gasteiger partial charge on any atom is 0.191 e. The van der Waals surface area contributed by atoms with Gasteiger partial charge in [-0.05, 0) is 11.6 Å². The molecular formula is C13H17ClN6. The lowest BCUT2D eigenvalue weighted by molar-refractivity contribution is 0.725. The van der Waals surface area contributed by atoms with Crippen molar-refractivity contribution in [3.8, 4) is 0 Å². The third-order valence-electron chi connectivity index (χ3n) is 2.85. The summed E-state index contributed by atoms with van der Waals surface area (Å²) in [5.74, 6) is 1.53. The van der Waals surface area contributed by atoms with Crippen molar-refractivity contribution >= 4 is 17.6 Å². The maximum atomic E-state index is 6.11. The fourth-order valence-electron chi connectivity index (χ4n) is 1.67.